The highest BCUT2D eigenvalue weighted by Crippen LogP contribution is 2.28. The fraction of sp³-hybridized carbons (Fsp3) is 0.944. The summed E-state index contributed by atoms with van der Waals surface area (Å²) in [7, 11) is 2.10. The van der Waals surface area contributed by atoms with Crippen LogP contribution in [0.3, 0.4) is 0 Å². The topological polar surface area (TPSA) is 40.1 Å². The van der Waals surface area contributed by atoms with Gasteiger partial charge in [0.05, 0.1) is 13.2 Å². The minimum absolute atomic E-state index is 0. The molecule has 2 fully saturated rings. The first-order chi connectivity index (χ1) is 11.2. The average Bonchev–Trinajstić information content (AvgIpc) is 3.36. The van der Waals surface area contributed by atoms with Crippen molar-refractivity contribution >= 4 is 29.9 Å². The molecule has 0 bridgehead atoms. The van der Waals surface area contributed by atoms with Gasteiger partial charge in [-0.05, 0) is 52.0 Å². The fourth-order valence-electron chi connectivity index (χ4n) is 3.09. The first-order valence-corrected chi connectivity index (χ1v) is 9.52. The monoisotopic (exact) mass is 452 g/mol. The summed E-state index contributed by atoms with van der Waals surface area (Å²) in [6, 6.07) is 0.718. The van der Waals surface area contributed by atoms with Crippen LogP contribution in [0.1, 0.15) is 46.0 Å². The van der Waals surface area contributed by atoms with Crippen molar-refractivity contribution in [2.24, 2.45) is 10.9 Å². The maximum atomic E-state index is 5.74. The number of ether oxygens (including phenoxy) is 1. The normalized spacial score (nSPS) is 22.1. The lowest BCUT2D eigenvalue weighted by Gasteiger charge is -2.33. The Morgan fingerprint density at radius 3 is 2.75 bits per heavy atom. The molecular weight excluding hydrogens is 415 g/mol. The minimum atomic E-state index is 0. The van der Waals surface area contributed by atoms with Crippen LogP contribution in [0.4, 0.5) is 0 Å². The van der Waals surface area contributed by atoms with Gasteiger partial charge in [-0.15, -0.1) is 24.0 Å². The van der Waals surface area contributed by atoms with Crippen LogP contribution in [-0.2, 0) is 4.74 Å². The summed E-state index contributed by atoms with van der Waals surface area (Å²) in [5.74, 6) is 1.85. The molecule has 5 nitrogen and oxygen atoms in total. The van der Waals surface area contributed by atoms with E-state index in [1.165, 1.54) is 38.6 Å². The van der Waals surface area contributed by atoms with Crippen LogP contribution in [0.5, 0.6) is 0 Å². The maximum Gasteiger partial charge on any atom is 0.193 e. The first kappa shape index (κ1) is 22.0. The van der Waals surface area contributed by atoms with Gasteiger partial charge in [-0.3, -0.25) is 9.89 Å². The summed E-state index contributed by atoms with van der Waals surface area (Å²) in [5, 5.41) is 3.40. The Kier molecular flexibility index (Phi) is 11.3. The lowest BCUT2D eigenvalue weighted by atomic mass is 10.0. The van der Waals surface area contributed by atoms with Crippen molar-refractivity contribution in [2.45, 2.75) is 52.0 Å². The van der Waals surface area contributed by atoms with Crippen LogP contribution in [0.15, 0.2) is 4.99 Å². The molecule has 0 aromatic rings. The van der Waals surface area contributed by atoms with Gasteiger partial charge in [-0.25, -0.2) is 0 Å². The number of hydrogen-bond donors (Lipinski definition) is 1. The molecule has 1 atom stereocenters. The quantitative estimate of drug-likeness (QED) is 0.253. The van der Waals surface area contributed by atoms with E-state index >= 15 is 0 Å². The van der Waals surface area contributed by atoms with Crippen molar-refractivity contribution in [3.05, 3.63) is 0 Å². The average molecular weight is 452 g/mol. The number of likely N-dealkylation sites (tertiary alicyclic amines) is 1. The molecule has 1 aliphatic carbocycles. The van der Waals surface area contributed by atoms with Crippen molar-refractivity contribution in [1.29, 1.82) is 0 Å². The van der Waals surface area contributed by atoms with Gasteiger partial charge < -0.3 is 15.0 Å². The van der Waals surface area contributed by atoms with Gasteiger partial charge >= 0.3 is 0 Å². The number of rotatable bonds is 9. The van der Waals surface area contributed by atoms with Crippen LogP contribution in [0.2, 0.25) is 0 Å². The molecule has 0 aromatic carbocycles. The maximum absolute atomic E-state index is 5.74. The molecule has 24 heavy (non-hydrogen) atoms. The number of nitrogens with one attached hydrogen (secondary N) is 1. The first-order valence-electron chi connectivity index (χ1n) is 9.52. The predicted octanol–water partition coefficient (Wildman–Crippen LogP) is 2.80. The number of likely N-dealkylation sites (N-methyl/N-ethyl adjacent to an activating group) is 1. The molecule has 2 aliphatic rings. The SMILES string of the molecule is CCNC(=NCCN1CCCCC1C)N(C)CCOCC1CC1.I. The Morgan fingerprint density at radius 1 is 1.29 bits per heavy atom. The van der Waals surface area contributed by atoms with Crippen molar-refractivity contribution in [2.75, 3.05) is 53.0 Å². The second-order valence-corrected chi connectivity index (χ2v) is 7.06. The molecule has 1 heterocycles. The highest BCUT2D eigenvalue weighted by atomic mass is 127. The molecule has 6 heteroatoms. The molecule has 1 saturated heterocycles. The van der Waals surface area contributed by atoms with Crippen molar-refractivity contribution in [3.8, 4) is 0 Å². The van der Waals surface area contributed by atoms with Crippen LogP contribution < -0.4 is 5.32 Å². The van der Waals surface area contributed by atoms with Crippen molar-refractivity contribution in [3.63, 3.8) is 0 Å². The Morgan fingerprint density at radius 2 is 2.08 bits per heavy atom. The third-order valence-corrected chi connectivity index (χ3v) is 4.91. The van der Waals surface area contributed by atoms with Gasteiger partial charge in [-0.2, -0.15) is 0 Å². The number of guanidine groups is 1. The third kappa shape index (κ3) is 8.34. The van der Waals surface area contributed by atoms with E-state index in [0.29, 0.717) is 0 Å². The van der Waals surface area contributed by atoms with E-state index in [0.717, 1.165) is 57.3 Å². The molecule has 0 spiro atoms. The van der Waals surface area contributed by atoms with E-state index in [2.05, 4.69) is 36.0 Å². The zero-order valence-electron chi connectivity index (χ0n) is 15.8. The van der Waals surface area contributed by atoms with Crippen LogP contribution in [-0.4, -0.2) is 74.8 Å². The fourth-order valence-corrected chi connectivity index (χ4v) is 3.09. The second-order valence-electron chi connectivity index (χ2n) is 7.06. The lowest BCUT2D eigenvalue weighted by molar-refractivity contribution is 0.115. The van der Waals surface area contributed by atoms with E-state index < -0.39 is 0 Å². The molecule has 0 radical (unpaired) electrons. The number of nitrogens with zero attached hydrogens (tertiary/aromatic N) is 3. The molecule has 1 unspecified atom stereocenters. The highest BCUT2D eigenvalue weighted by molar-refractivity contribution is 14.0. The van der Waals surface area contributed by atoms with Gasteiger partial charge in [0.25, 0.3) is 0 Å². The summed E-state index contributed by atoms with van der Waals surface area (Å²) in [6.07, 6.45) is 6.77. The standard InChI is InChI=1S/C18H36N4O.HI/c1-4-19-18(21(3)13-14-23-15-17-8-9-17)20-10-12-22-11-6-5-7-16(22)2;/h16-17H,4-15H2,1-3H3,(H,19,20);1H. The molecular formula is C18H37IN4O. The smallest absolute Gasteiger partial charge is 0.193 e. The summed E-state index contributed by atoms with van der Waals surface area (Å²) >= 11 is 0. The number of piperidine rings is 1. The predicted molar refractivity (Wildman–Crippen MR) is 112 cm³/mol. The Labute approximate surface area is 165 Å². The zero-order valence-corrected chi connectivity index (χ0v) is 18.1. The summed E-state index contributed by atoms with van der Waals surface area (Å²) in [6.45, 7) is 11.2. The van der Waals surface area contributed by atoms with Crippen LogP contribution in [0.25, 0.3) is 0 Å². The number of aliphatic imine (C=N–C) groups is 1. The van der Waals surface area contributed by atoms with Crippen LogP contribution >= 0.6 is 24.0 Å². The van der Waals surface area contributed by atoms with Crippen LogP contribution in [0, 0.1) is 5.92 Å². The number of halogens is 1. The van der Waals surface area contributed by atoms with Crippen molar-refractivity contribution < 1.29 is 4.74 Å². The molecule has 0 amide bonds. The summed E-state index contributed by atoms with van der Waals surface area (Å²) in [4.78, 5) is 9.57. The summed E-state index contributed by atoms with van der Waals surface area (Å²) in [5.41, 5.74) is 0. The molecule has 2 rings (SSSR count). The Hall–Kier alpha value is -0.0800. The van der Waals surface area contributed by atoms with E-state index in [-0.39, 0.29) is 24.0 Å². The second kappa shape index (κ2) is 12.3. The largest absolute Gasteiger partial charge is 0.379 e. The molecule has 1 aliphatic heterocycles. The summed E-state index contributed by atoms with van der Waals surface area (Å²) < 4.78 is 5.74. The van der Waals surface area contributed by atoms with Gasteiger partial charge in [0.15, 0.2) is 5.96 Å². The van der Waals surface area contributed by atoms with E-state index in [1.807, 2.05) is 0 Å². The molecule has 1 saturated carbocycles. The van der Waals surface area contributed by atoms with Gasteiger partial charge in [-0.1, -0.05) is 6.42 Å². The zero-order chi connectivity index (χ0) is 16.5. The minimum Gasteiger partial charge on any atom is -0.379 e. The van der Waals surface area contributed by atoms with Gasteiger partial charge in [0.1, 0.15) is 0 Å². The van der Waals surface area contributed by atoms with Crippen molar-refractivity contribution in [1.82, 2.24) is 15.1 Å². The van der Waals surface area contributed by atoms with Gasteiger partial charge in [0.2, 0.25) is 0 Å². The highest BCUT2D eigenvalue weighted by Gasteiger charge is 2.21. The lowest BCUT2D eigenvalue weighted by Crippen LogP contribution is -2.42. The van der Waals surface area contributed by atoms with Gasteiger partial charge in [0, 0.05) is 39.3 Å². The number of hydrogen-bond acceptors (Lipinski definition) is 3. The molecule has 142 valence electrons. The molecule has 1 N–H and O–H groups in total. The van der Waals surface area contributed by atoms with E-state index in [1.54, 1.807) is 0 Å². The van der Waals surface area contributed by atoms with E-state index in [9.17, 15) is 0 Å². The third-order valence-electron chi connectivity index (χ3n) is 4.91. The Balaban J connectivity index is 0.00000288. The molecule has 0 aromatic heterocycles. The Bertz CT molecular complexity index is 363. The van der Waals surface area contributed by atoms with E-state index in [4.69, 9.17) is 9.73 Å².